The van der Waals surface area contributed by atoms with Crippen molar-refractivity contribution in [2.75, 3.05) is 41.0 Å². The minimum absolute atomic E-state index is 0.739. The number of hydrogen-bond acceptors (Lipinski definition) is 4. The molecule has 0 spiro atoms. The smallest absolute Gasteiger partial charge is 0.161 e. The topological polar surface area (TPSA) is 30.9 Å². The first-order chi connectivity index (χ1) is 9.72. The summed E-state index contributed by atoms with van der Waals surface area (Å²) in [5.41, 5.74) is 1.24. The second-order valence-corrected chi connectivity index (χ2v) is 5.45. The molecule has 1 aromatic rings. The van der Waals surface area contributed by atoms with E-state index in [2.05, 4.69) is 18.0 Å². The van der Waals surface area contributed by atoms with E-state index in [9.17, 15) is 0 Å². The monoisotopic (exact) mass is 279 g/mol. The third-order valence-electron chi connectivity index (χ3n) is 3.84. The Morgan fingerprint density at radius 3 is 2.70 bits per heavy atom. The van der Waals surface area contributed by atoms with Crippen LogP contribution in [0.5, 0.6) is 11.5 Å². The van der Waals surface area contributed by atoms with Crippen molar-refractivity contribution in [1.29, 1.82) is 0 Å². The molecule has 1 heterocycles. The van der Waals surface area contributed by atoms with Gasteiger partial charge in [-0.25, -0.2) is 0 Å². The molecule has 4 nitrogen and oxygen atoms in total. The van der Waals surface area contributed by atoms with Crippen LogP contribution in [-0.4, -0.2) is 45.9 Å². The Morgan fingerprint density at radius 1 is 1.25 bits per heavy atom. The van der Waals surface area contributed by atoms with Crippen LogP contribution in [0.3, 0.4) is 0 Å². The molecule has 1 aliphatic rings. The van der Waals surface area contributed by atoms with Crippen molar-refractivity contribution < 1.29 is 14.2 Å². The largest absolute Gasteiger partial charge is 0.493 e. The van der Waals surface area contributed by atoms with E-state index in [4.69, 9.17) is 14.2 Å². The lowest BCUT2D eigenvalue weighted by Crippen LogP contribution is -2.21. The highest BCUT2D eigenvalue weighted by Crippen LogP contribution is 2.28. The minimum atomic E-state index is 0.739. The quantitative estimate of drug-likeness (QED) is 0.767. The van der Waals surface area contributed by atoms with E-state index in [0.29, 0.717) is 0 Å². The van der Waals surface area contributed by atoms with Crippen LogP contribution in [0, 0.1) is 5.92 Å². The van der Waals surface area contributed by atoms with Crippen LogP contribution in [0.1, 0.15) is 18.4 Å². The lowest BCUT2D eigenvalue weighted by Gasteiger charge is -2.19. The molecule has 0 saturated carbocycles. The van der Waals surface area contributed by atoms with Crippen molar-refractivity contribution in [3.05, 3.63) is 23.8 Å². The van der Waals surface area contributed by atoms with Gasteiger partial charge in [-0.1, -0.05) is 6.07 Å². The fraction of sp³-hybridized carbons (Fsp3) is 0.625. The summed E-state index contributed by atoms with van der Waals surface area (Å²) in [5.74, 6) is 2.31. The highest BCUT2D eigenvalue weighted by molar-refractivity contribution is 5.42. The van der Waals surface area contributed by atoms with E-state index >= 15 is 0 Å². The van der Waals surface area contributed by atoms with E-state index in [-0.39, 0.29) is 0 Å². The zero-order chi connectivity index (χ0) is 14.4. The van der Waals surface area contributed by atoms with E-state index < -0.39 is 0 Å². The number of methoxy groups -OCH3 is 2. The van der Waals surface area contributed by atoms with Crippen molar-refractivity contribution in [3.8, 4) is 11.5 Å². The van der Waals surface area contributed by atoms with Crippen molar-refractivity contribution in [3.63, 3.8) is 0 Å². The number of hydrogen-bond donors (Lipinski definition) is 0. The van der Waals surface area contributed by atoms with Gasteiger partial charge in [-0.3, -0.25) is 0 Å². The summed E-state index contributed by atoms with van der Waals surface area (Å²) in [7, 11) is 5.49. The Balaban J connectivity index is 1.85. The summed E-state index contributed by atoms with van der Waals surface area (Å²) in [4.78, 5) is 2.35. The summed E-state index contributed by atoms with van der Waals surface area (Å²) in [5, 5.41) is 0. The highest BCUT2D eigenvalue weighted by Gasteiger charge is 2.16. The van der Waals surface area contributed by atoms with Crippen molar-refractivity contribution in [2.24, 2.45) is 5.92 Å². The van der Waals surface area contributed by atoms with Crippen LogP contribution in [0.4, 0.5) is 0 Å². The van der Waals surface area contributed by atoms with Gasteiger partial charge >= 0.3 is 0 Å². The van der Waals surface area contributed by atoms with Crippen molar-refractivity contribution in [2.45, 2.75) is 19.4 Å². The molecule has 1 fully saturated rings. The molecule has 0 amide bonds. The van der Waals surface area contributed by atoms with Crippen LogP contribution in [0.15, 0.2) is 18.2 Å². The molecule has 0 bridgehead atoms. The summed E-state index contributed by atoms with van der Waals surface area (Å²) in [6, 6.07) is 6.11. The zero-order valence-corrected chi connectivity index (χ0v) is 12.7. The maximum absolute atomic E-state index is 5.41. The van der Waals surface area contributed by atoms with Gasteiger partial charge in [0.15, 0.2) is 11.5 Å². The minimum Gasteiger partial charge on any atom is -0.493 e. The third-order valence-corrected chi connectivity index (χ3v) is 3.84. The predicted octanol–water partition coefficient (Wildman–Crippen LogP) is 2.56. The molecular weight excluding hydrogens is 254 g/mol. The van der Waals surface area contributed by atoms with Gasteiger partial charge in [0.25, 0.3) is 0 Å². The summed E-state index contributed by atoms with van der Waals surface area (Å²) in [6.07, 6.45) is 2.42. The number of rotatable bonds is 7. The molecule has 4 heteroatoms. The molecule has 2 rings (SSSR count). The van der Waals surface area contributed by atoms with Crippen LogP contribution in [0.2, 0.25) is 0 Å². The maximum atomic E-state index is 5.41. The molecule has 0 aliphatic carbocycles. The van der Waals surface area contributed by atoms with Crippen LogP contribution < -0.4 is 9.47 Å². The van der Waals surface area contributed by atoms with E-state index in [1.54, 1.807) is 14.2 Å². The van der Waals surface area contributed by atoms with Crippen LogP contribution in [0.25, 0.3) is 0 Å². The molecule has 20 heavy (non-hydrogen) atoms. The average molecular weight is 279 g/mol. The fourth-order valence-corrected chi connectivity index (χ4v) is 2.58. The Hall–Kier alpha value is -1.26. The Morgan fingerprint density at radius 2 is 2.05 bits per heavy atom. The lowest BCUT2D eigenvalue weighted by molar-refractivity contribution is 0.180. The van der Waals surface area contributed by atoms with E-state index in [1.807, 2.05) is 12.1 Å². The third kappa shape index (κ3) is 4.12. The fourth-order valence-electron chi connectivity index (χ4n) is 2.58. The standard InChI is InChI=1S/C16H25NO3/c1-17(8-6-13-7-9-20-12-13)11-14-4-5-15(18-2)16(10-14)19-3/h4-5,10,13H,6-9,11-12H2,1-3H3. The first-order valence-corrected chi connectivity index (χ1v) is 7.20. The van der Waals surface area contributed by atoms with Gasteiger partial charge in [-0.05, 0) is 50.0 Å². The molecular formula is C16H25NO3. The Labute approximate surface area is 121 Å². The molecule has 1 unspecified atom stereocenters. The second kappa shape index (κ2) is 7.50. The van der Waals surface area contributed by atoms with Gasteiger partial charge in [-0.2, -0.15) is 0 Å². The summed E-state index contributed by atoms with van der Waals surface area (Å²) < 4.78 is 16.0. The summed E-state index contributed by atoms with van der Waals surface area (Å²) >= 11 is 0. The SMILES string of the molecule is COc1ccc(CN(C)CCC2CCOC2)cc1OC. The Bertz CT molecular complexity index is 416. The number of nitrogens with zero attached hydrogens (tertiary/aromatic N) is 1. The van der Waals surface area contributed by atoms with Gasteiger partial charge in [0.1, 0.15) is 0 Å². The highest BCUT2D eigenvalue weighted by atomic mass is 16.5. The van der Waals surface area contributed by atoms with Crippen molar-refractivity contribution in [1.82, 2.24) is 4.90 Å². The first kappa shape index (κ1) is 15.1. The molecule has 0 N–H and O–H groups in total. The van der Waals surface area contributed by atoms with Crippen molar-refractivity contribution >= 4 is 0 Å². The summed E-state index contributed by atoms with van der Waals surface area (Å²) in [6.45, 7) is 3.89. The van der Waals surface area contributed by atoms with E-state index in [1.165, 1.54) is 18.4 Å². The molecule has 0 radical (unpaired) electrons. The molecule has 0 aromatic heterocycles. The van der Waals surface area contributed by atoms with Gasteiger partial charge < -0.3 is 19.1 Å². The average Bonchev–Trinajstić information content (AvgIpc) is 2.98. The van der Waals surface area contributed by atoms with Crippen LogP contribution in [-0.2, 0) is 11.3 Å². The van der Waals surface area contributed by atoms with Gasteiger partial charge in [0.05, 0.1) is 14.2 Å². The molecule has 1 aliphatic heterocycles. The second-order valence-electron chi connectivity index (χ2n) is 5.45. The lowest BCUT2D eigenvalue weighted by atomic mass is 10.0. The van der Waals surface area contributed by atoms with Gasteiger partial charge in [0.2, 0.25) is 0 Å². The zero-order valence-electron chi connectivity index (χ0n) is 12.7. The van der Waals surface area contributed by atoms with Gasteiger partial charge in [-0.15, -0.1) is 0 Å². The normalized spacial score (nSPS) is 18.5. The van der Waals surface area contributed by atoms with Crippen LogP contribution >= 0.6 is 0 Å². The first-order valence-electron chi connectivity index (χ1n) is 7.20. The Kier molecular flexibility index (Phi) is 5.68. The molecule has 1 saturated heterocycles. The van der Waals surface area contributed by atoms with E-state index in [0.717, 1.165) is 43.7 Å². The molecule has 112 valence electrons. The molecule has 1 aromatic carbocycles. The number of benzene rings is 1. The molecule has 1 atom stereocenters. The number of ether oxygens (including phenoxy) is 3. The van der Waals surface area contributed by atoms with Gasteiger partial charge in [0, 0.05) is 19.8 Å². The maximum Gasteiger partial charge on any atom is 0.161 e. The predicted molar refractivity (Wildman–Crippen MR) is 79.4 cm³/mol.